The van der Waals surface area contributed by atoms with E-state index in [9.17, 15) is 13.2 Å². The van der Waals surface area contributed by atoms with E-state index in [2.05, 4.69) is 4.72 Å². The van der Waals surface area contributed by atoms with Gasteiger partial charge in [0.15, 0.2) is 0 Å². The Morgan fingerprint density at radius 2 is 1.83 bits per heavy atom. The number of hydrogen-bond acceptors (Lipinski definition) is 3. The number of nitrogens with one attached hydrogen (secondary N) is 1. The van der Waals surface area contributed by atoms with Gasteiger partial charge < -0.3 is 0 Å². The first-order valence-electron chi connectivity index (χ1n) is 5.71. The highest BCUT2D eigenvalue weighted by molar-refractivity contribution is 7.89. The van der Waals surface area contributed by atoms with Crippen molar-refractivity contribution >= 4 is 26.9 Å². The molecule has 0 saturated carbocycles. The van der Waals surface area contributed by atoms with Crippen LogP contribution in [0.3, 0.4) is 0 Å². The Morgan fingerprint density at radius 3 is 2.22 bits per heavy atom. The quantitative estimate of drug-likeness (QED) is 0.816. The van der Waals surface area contributed by atoms with Crippen molar-refractivity contribution < 1.29 is 13.2 Å². The molecule has 1 N–H and O–H groups in total. The summed E-state index contributed by atoms with van der Waals surface area (Å²) in [6, 6.07) is 5.65. The summed E-state index contributed by atoms with van der Waals surface area (Å²) in [6.45, 7) is 3.68. The molecular weight excluding hydrogens is 274 g/mol. The molecule has 0 heterocycles. The van der Waals surface area contributed by atoms with Gasteiger partial charge in [-0.1, -0.05) is 26.0 Å². The lowest BCUT2D eigenvalue weighted by Gasteiger charge is -2.13. The van der Waals surface area contributed by atoms with Crippen LogP contribution in [-0.2, 0) is 21.2 Å². The van der Waals surface area contributed by atoms with E-state index < -0.39 is 21.3 Å². The fourth-order valence-corrected chi connectivity index (χ4v) is 3.00. The zero-order chi connectivity index (χ0) is 13.8. The van der Waals surface area contributed by atoms with E-state index in [0.29, 0.717) is 6.42 Å². The van der Waals surface area contributed by atoms with Gasteiger partial charge in [-0.05, 0) is 42.1 Å². The molecule has 1 atom stereocenters. The Hall–Kier alpha value is -0.910. The molecule has 1 aromatic rings. The highest BCUT2D eigenvalue weighted by Crippen LogP contribution is 2.12. The zero-order valence-electron chi connectivity index (χ0n) is 10.3. The Morgan fingerprint density at radius 1 is 1.28 bits per heavy atom. The third-order valence-corrected chi connectivity index (χ3v) is 4.37. The van der Waals surface area contributed by atoms with Crippen LogP contribution in [0.5, 0.6) is 0 Å². The van der Waals surface area contributed by atoms with Gasteiger partial charge in [-0.3, -0.25) is 4.79 Å². The fraction of sp³-hybridized carbons (Fsp3) is 0.417. The van der Waals surface area contributed by atoms with Crippen LogP contribution in [0.2, 0.25) is 0 Å². The second-order valence-electron chi connectivity index (χ2n) is 3.88. The van der Waals surface area contributed by atoms with Crippen molar-refractivity contribution in [3.63, 3.8) is 0 Å². The number of carbonyl (C=O) groups excluding carboxylic acids is 1. The molecule has 18 heavy (non-hydrogen) atoms. The molecular formula is C12H16ClNO3S. The molecule has 0 bridgehead atoms. The zero-order valence-corrected chi connectivity index (χ0v) is 11.9. The van der Waals surface area contributed by atoms with E-state index in [-0.39, 0.29) is 4.90 Å². The van der Waals surface area contributed by atoms with Crippen molar-refractivity contribution in [2.45, 2.75) is 37.6 Å². The monoisotopic (exact) mass is 289 g/mol. The summed E-state index contributed by atoms with van der Waals surface area (Å²) in [7, 11) is -3.70. The lowest BCUT2D eigenvalue weighted by Crippen LogP contribution is -2.38. The minimum atomic E-state index is -3.70. The van der Waals surface area contributed by atoms with Crippen LogP contribution in [0.15, 0.2) is 29.2 Å². The summed E-state index contributed by atoms with van der Waals surface area (Å²) < 4.78 is 26.3. The van der Waals surface area contributed by atoms with Crippen LogP contribution >= 0.6 is 11.6 Å². The number of halogens is 1. The van der Waals surface area contributed by atoms with Crippen LogP contribution in [0.4, 0.5) is 0 Å². The highest BCUT2D eigenvalue weighted by Gasteiger charge is 2.22. The third kappa shape index (κ3) is 3.80. The van der Waals surface area contributed by atoms with Gasteiger partial charge in [-0.2, -0.15) is 4.72 Å². The summed E-state index contributed by atoms with van der Waals surface area (Å²) in [6.07, 6.45) is 1.15. The van der Waals surface area contributed by atoms with Crippen molar-refractivity contribution in [1.29, 1.82) is 0 Å². The highest BCUT2D eigenvalue weighted by atomic mass is 35.5. The van der Waals surface area contributed by atoms with Gasteiger partial charge in [-0.15, -0.1) is 0 Å². The predicted molar refractivity (Wildman–Crippen MR) is 71.1 cm³/mol. The van der Waals surface area contributed by atoms with Crippen LogP contribution in [-0.4, -0.2) is 19.7 Å². The van der Waals surface area contributed by atoms with Crippen LogP contribution in [0, 0.1) is 0 Å². The van der Waals surface area contributed by atoms with Crippen molar-refractivity contribution in [2.24, 2.45) is 0 Å². The molecule has 1 aromatic carbocycles. The topological polar surface area (TPSA) is 63.2 Å². The maximum Gasteiger partial charge on any atom is 0.241 e. The molecule has 1 rings (SSSR count). The first kappa shape index (κ1) is 15.1. The second kappa shape index (κ2) is 6.31. The lowest BCUT2D eigenvalue weighted by molar-refractivity contribution is -0.113. The fourth-order valence-electron chi connectivity index (χ4n) is 1.45. The Labute approximate surface area is 112 Å². The minimum absolute atomic E-state index is 0.135. The summed E-state index contributed by atoms with van der Waals surface area (Å²) in [5.41, 5.74) is 1.05. The number of aryl methyl sites for hydroxylation is 1. The van der Waals surface area contributed by atoms with Crippen LogP contribution in [0.1, 0.15) is 25.8 Å². The molecule has 0 spiro atoms. The van der Waals surface area contributed by atoms with Crippen LogP contribution in [0.25, 0.3) is 0 Å². The first-order chi connectivity index (χ1) is 8.40. The first-order valence-corrected chi connectivity index (χ1v) is 7.57. The molecule has 100 valence electrons. The molecule has 0 aromatic heterocycles. The molecule has 0 amide bonds. The van der Waals surface area contributed by atoms with Gasteiger partial charge in [0.1, 0.15) is 0 Å². The van der Waals surface area contributed by atoms with E-state index in [4.69, 9.17) is 11.6 Å². The van der Waals surface area contributed by atoms with Crippen molar-refractivity contribution in [3.8, 4) is 0 Å². The average molecular weight is 290 g/mol. The van der Waals surface area contributed by atoms with Crippen molar-refractivity contribution in [2.75, 3.05) is 0 Å². The Balaban J connectivity index is 2.95. The van der Waals surface area contributed by atoms with E-state index in [0.717, 1.165) is 12.0 Å². The maximum absolute atomic E-state index is 12.0. The molecule has 0 fully saturated rings. The van der Waals surface area contributed by atoms with Gasteiger partial charge >= 0.3 is 0 Å². The van der Waals surface area contributed by atoms with Gasteiger partial charge in [0.25, 0.3) is 0 Å². The molecule has 0 aliphatic carbocycles. The Kier molecular flexibility index (Phi) is 5.31. The molecule has 4 nitrogen and oxygen atoms in total. The second-order valence-corrected chi connectivity index (χ2v) is 5.97. The maximum atomic E-state index is 12.0. The number of hydrogen-bond donors (Lipinski definition) is 1. The molecule has 0 radical (unpaired) electrons. The van der Waals surface area contributed by atoms with Crippen molar-refractivity contribution in [3.05, 3.63) is 29.8 Å². The number of benzene rings is 1. The van der Waals surface area contributed by atoms with Gasteiger partial charge in [0.2, 0.25) is 15.3 Å². The summed E-state index contributed by atoms with van der Waals surface area (Å²) in [4.78, 5) is 11.2. The smallest absolute Gasteiger partial charge is 0.241 e. The number of rotatable bonds is 6. The SMILES string of the molecule is CCc1ccc(S(=O)(=O)NC(CC)C(=O)Cl)cc1. The summed E-state index contributed by atoms with van der Waals surface area (Å²) >= 11 is 5.32. The third-order valence-electron chi connectivity index (χ3n) is 2.62. The van der Waals surface area contributed by atoms with Gasteiger partial charge in [-0.25, -0.2) is 8.42 Å². The molecule has 0 aliphatic rings. The van der Waals surface area contributed by atoms with E-state index in [1.54, 1.807) is 19.1 Å². The lowest BCUT2D eigenvalue weighted by atomic mass is 10.2. The molecule has 0 aliphatic heterocycles. The number of sulfonamides is 1. The van der Waals surface area contributed by atoms with Gasteiger partial charge in [0, 0.05) is 0 Å². The van der Waals surface area contributed by atoms with E-state index in [1.807, 2.05) is 6.92 Å². The minimum Gasteiger partial charge on any atom is -0.279 e. The van der Waals surface area contributed by atoms with Crippen molar-refractivity contribution in [1.82, 2.24) is 4.72 Å². The summed E-state index contributed by atoms with van der Waals surface area (Å²) in [5.74, 6) is 0. The van der Waals surface area contributed by atoms with Crippen LogP contribution < -0.4 is 4.72 Å². The molecule has 0 saturated heterocycles. The number of carbonyl (C=O) groups is 1. The Bertz CT molecular complexity index is 511. The predicted octanol–water partition coefficient (Wildman–Crippen LogP) is 2.07. The van der Waals surface area contributed by atoms with Gasteiger partial charge in [0.05, 0.1) is 10.9 Å². The van der Waals surface area contributed by atoms with E-state index >= 15 is 0 Å². The molecule has 1 unspecified atom stereocenters. The summed E-state index contributed by atoms with van der Waals surface area (Å²) in [5, 5.41) is -0.703. The van der Waals surface area contributed by atoms with E-state index in [1.165, 1.54) is 12.1 Å². The standard InChI is InChI=1S/C12H16ClNO3S/c1-3-9-5-7-10(8-6-9)18(16,17)14-11(4-2)12(13)15/h5-8,11,14H,3-4H2,1-2H3. The average Bonchev–Trinajstić information content (AvgIpc) is 2.35. The molecule has 6 heteroatoms. The largest absolute Gasteiger partial charge is 0.279 e. The normalized spacial score (nSPS) is 13.3.